The van der Waals surface area contributed by atoms with Crippen LogP contribution in [0.25, 0.3) is 0 Å². The number of ether oxygens (including phenoxy) is 1. The van der Waals surface area contributed by atoms with Crippen molar-refractivity contribution in [3.8, 4) is 0 Å². The van der Waals surface area contributed by atoms with Gasteiger partial charge in [-0.25, -0.2) is 0 Å². The van der Waals surface area contributed by atoms with E-state index >= 15 is 0 Å². The van der Waals surface area contributed by atoms with Gasteiger partial charge in [0.05, 0.1) is 12.6 Å². The van der Waals surface area contributed by atoms with Gasteiger partial charge in [0.2, 0.25) is 0 Å². The van der Waals surface area contributed by atoms with Crippen molar-refractivity contribution in [3.05, 3.63) is 34.3 Å². The second-order valence-corrected chi connectivity index (χ2v) is 3.44. The summed E-state index contributed by atoms with van der Waals surface area (Å²) in [6, 6.07) is 7.85. The van der Waals surface area contributed by atoms with Crippen LogP contribution in [0.5, 0.6) is 0 Å². The first-order chi connectivity index (χ1) is 5.75. The zero-order valence-corrected chi connectivity index (χ0v) is 8.54. The van der Waals surface area contributed by atoms with Gasteiger partial charge in [-0.2, -0.15) is 0 Å². The first-order valence-corrected chi connectivity index (χ1v) is 4.54. The number of benzene rings is 1. The van der Waals surface area contributed by atoms with Crippen LogP contribution in [-0.4, -0.2) is 13.7 Å². The molecule has 0 aliphatic rings. The summed E-state index contributed by atoms with van der Waals surface area (Å²) in [5, 5.41) is 0. The molecule has 1 aromatic rings. The fraction of sp³-hybridized carbons (Fsp3) is 0.333. The van der Waals surface area contributed by atoms with Gasteiger partial charge in [0, 0.05) is 11.6 Å². The summed E-state index contributed by atoms with van der Waals surface area (Å²) in [5.74, 6) is 0. The lowest BCUT2D eigenvalue weighted by molar-refractivity contribution is 0.180. The average molecular weight is 230 g/mol. The Morgan fingerprint density at radius 2 is 2.17 bits per heavy atom. The molecule has 0 spiro atoms. The Bertz CT molecular complexity index is 252. The van der Waals surface area contributed by atoms with Crippen molar-refractivity contribution >= 4 is 15.9 Å². The maximum atomic E-state index is 5.85. The van der Waals surface area contributed by atoms with Crippen molar-refractivity contribution in [2.75, 3.05) is 13.7 Å². The zero-order chi connectivity index (χ0) is 8.97. The van der Waals surface area contributed by atoms with Gasteiger partial charge < -0.3 is 10.5 Å². The molecule has 2 N–H and O–H groups in total. The van der Waals surface area contributed by atoms with Crippen LogP contribution in [0.1, 0.15) is 11.6 Å². The third kappa shape index (κ3) is 2.30. The third-order valence-electron chi connectivity index (χ3n) is 1.65. The Kier molecular flexibility index (Phi) is 3.72. The molecule has 1 unspecified atom stereocenters. The molecule has 0 radical (unpaired) electrons. The molecule has 0 saturated heterocycles. The summed E-state index contributed by atoms with van der Waals surface area (Å²) in [6.07, 6.45) is 0. The highest BCUT2D eigenvalue weighted by molar-refractivity contribution is 9.10. The largest absolute Gasteiger partial charge is 0.383 e. The number of hydrogen-bond acceptors (Lipinski definition) is 2. The maximum Gasteiger partial charge on any atom is 0.0655 e. The fourth-order valence-corrected chi connectivity index (χ4v) is 1.62. The van der Waals surface area contributed by atoms with Crippen LogP contribution in [0.15, 0.2) is 28.7 Å². The van der Waals surface area contributed by atoms with E-state index < -0.39 is 0 Å². The van der Waals surface area contributed by atoms with Crippen LogP contribution in [0, 0.1) is 0 Å². The molecule has 0 saturated carbocycles. The molecule has 12 heavy (non-hydrogen) atoms. The highest BCUT2D eigenvalue weighted by atomic mass is 79.9. The van der Waals surface area contributed by atoms with E-state index in [1.807, 2.05) is 24.3 Å². The third-order valence-corrected chi connectivity index (χ3v) is 2.37. The predicted molar refractivity (Wildman–Crippen MR) is 52.9 cm³/mol. The molecule has 0 aliphatic heterocycles. The quantitative estimate of drug-likeness (QED) is 0.862. The number of methoxy groups -OCH3 is 1. The molecule has 3 heteroatoms. The van der Waals surface area contributed by atoms with Crippen LogP contribution < -0.4 is 5.73 Å². The van der Waals surface area contributed by atoms with Crippen molar-refractivity contribution < 1.29 is 4.74 Å². The normalized spacial score (nSPS) is 12.9. The molecule has 0 fully saturated rings. The summed E-state index contributed by atoms with van der Waals surface area (Å²) in [6.45, 7) is 0.544. The molecule has 1 aromatic carbocycles. The van der Waals surface area contributed by atoms with Crippen molar-refractivity contribution in [2.24, 2.45) is 5.73 Å². The lowest BCUT2D eigenvalue weighted by Gasteiger charge is -2.11. The van der Waals surface area contributed by atoms with Crippen molar-refractivity contribution in [1.82, 2.24) is 0 Å². The Balaban J connectivity index is 2.79. The van der Waals surface area contributed by atoms with Crippen LogP contribution in [-0.2, 0) is 4.74 Å². The molecule has 0 aromatic heterocycles. The van der Waals surface area contributed by atoms with E-state index in [-0.39, 0.29) is 6.04 Å². The Labute approximate surface area is 80.8 Å². The van der Waals surface area contributed by atoms with Crippen LogP contribution in [0.3, 0.4) is 0 Å². The minimum atomic E-state index is -0.0504. The molecule has 1 rings (SSSR count). The minimum absolute atomic E-state index is 0.0504. The number of nitrogens with two attached hydrogens (primary N) is 1. The summed E-state index contributed by atoms with van der Waals surface area (Å²) in [4.78, 5) is 0. The fourth-order valence-electron chi connectivity index (χ4n) is 1.05. The van der Waals surface area contributed by atoms with E-state index in [2.05, 4.69) is 15.9 Å². The second-order valence-electron chi connectivity index (χ2n) is 2.58. The van der Waals surface area contributed by atoms with E-state index in [1.54, 1.807) is 7.11 Å². The molecule has 66 valence electrons. The molecule has 1 atom stereocenters. The first-order valence-electron chi connectivity index (χ1n) is 3.74. The summed E-state index contributed by atoms with van der Waals surface area (Å²) in [7, 11) is 1.65. The van der Waals surface area contributed by atoms with Gasteiger partial charge >= 0.3 is 0 Å². The van der Waals surface area contributed by atoms with E-state index in [0.717, 1.165) is 10.0 Å². The minimum Gasteiger partial charge on any atom is -0.383 e. The molecule has 2 nitrogen and oxygen atoms in total. The van der Waals surface area contributed by atoms with Crippen LogP contribution >= 0.6 is 15.9 Å². The molecule has 0 bridgehead atoms. The van der Waals surface area contributed by atoms with Gasteiger partial charge in [-0.3, -0.25) is 0 Å². The average Bonchev–Trinajstić information content (AvgIpc) is 2.05. The smallest absolute Gasteiger partial charge is 0.0655 e. The monoisotopic (exact) mass is 229 g/mol. The number of halogens is 1. The summed E-state index contributed by atoms with van der Waals surface area (Å²) >= 11 is 3.43. The molecule has 0 heterocycles. The van der Waals surface area contributed by atoms with Crippen molar-refractivity contribution in [1.29, 1.82) is 0 Å². The van der Waals surface area contributed by atoms with Gasteiger partial charge in [-0.05, 0) is 11.6 Å². The SMILES string of the molecule is COCC(N)c1ccccc1Br. The van der Waals surface area contributed by atoms with Gasteiger partial charge in [-0.15, -0.1) is 0 Å². The Morgan fingerprint density at radius 1 is 1.50 bits per heavy atom. The first kappa shape index (κ1) is 9.71. The van der Waals surface area contributed by atoms with Gasteiger partial charge in [-0.1, -0.05) is 34.1 Å². The number of hydrogen-bond donors (Lipinski definition) is 1. The lowest BCUT2D eigenvalue weighted by Crippen LogP contribution is -2.16. The summed E-state index contributed by atoms with van der Waals surface area (Å²) in [5.41, 5.74) is 6.93. The highest BCUT2D eigenvalue weighted by Gasteiger charge is 2.07. The molecule has 0 amide bonds. The highest BCUT2D eigenvalue weighted by Crippen LogP contribution is 2.21. The standard InChI is InChI=1S/C9H12BrNO/c1-12-6-9(11)7-4-2-3-5-8(7)10/h2-5,9H,6,11H2,1H3. The molecular formula is C9H12BrNO. The molecular weight excluding hydrogens is 218 g/mol. The van der Waals surface area contributed by atoms with Gasteiger partial charge in [0.25, 0.3) is 0 Å². The van der Waals surface area contributed by atoms with E-state index in [4.69, 9.17) is 10.5 Å². The maximum absolute atomic E-state index is 5.85. The topological polar surface area (TPSA) is 35.2 Å². The van der Waals surface area contributed by atoms with Gasteiger partial charge in [0.15, 0.2) is 0 Å². The van der Waals surface area contributed by atoms with Crippen LogP contribution in [0.2, 0.25) is 0 Å². The van der Waals surface area contributed by atoms with Crippen molar-refractivity contribution in [3.63, 3.8) is 0 Å². The number of rotatable bonds is 3. The molecule has 0 aliphatic carbocycles. The second kappa shape index (κ2) is 4.60. The van der Waals surface area contributed by atoms with E-state index in [0.29, 0.717) is 6.61 Å². The zero-order valence-electron chi connectivity index (χ0n) is 6.96. The summed E-state index contributed by atoms with van der Waals surface area (Å²) < 4.78 is 6.00. The van der Waals surface area contributed by atoms with E-state index in [1.165, 1.54) is 0 Å². The van der Waals surface area contributed by atoms with Crippen molar-refractivity contribution in [2.45, 2.75) is 6.04 Å². The predicted octanol–water partition coefficient (Wildman–Crippen LogP) is 2.10. The Morgan fingerprint density at radius 3 is 2.75 bits per heavy atom. The Hall–Kier alpha value is -0.380. The van der Waals surface area contributed by atoms with E-state index in [9.17, 15) is 0 Å². The van der Waals surface area contributed by atoms with Gasteiger partial charge in [0.1, 0.15) is 0 Å². The lowest BCUT2D eigenvalue weighted by atomic mass is 10.1. The van der Waals surface area contributed by atoms with Crippen LogP contribution in [0.4, 0.5) is 0 Å².